The van der Waals surface area contributed by atoms with Gasteiger partial charge >= 0.3 is 0 Å². The minimum absolute atomic E-state index is 0.214. The van der Waals surface area contributed by atoms with Crippen LogP contribution in [0, 0.1) is 29.0 Å². The lowest BCUT2D eigenvalue weighted by Gasteiger charge is -2.59. The molecule has 0 heterocycles. The average molecular weight is 428 g/mol. The largest absolute Gasteiger partial charge is 0.488 e. The molecule has 30 heavy (non-hydrogen) atoms. The number of hydrogen-bond donors (Lipinski definition) is 1. The molecular formula is C26H31ClFNO. The first-order valence-electron chi connectivity index (χ1n) is 11.4. The van der Waals surface area contributed by atoms with Gasteiger partial charge in [-0.25, -0.2) is 4.39 Å². The van der Waals surface area contributed by atoms with Crippen molar-refractivity contribution in [1.29, 1.82) is 0 Å². The molecule has 4 aliphatic rings. The van der Waals surface area contributed by atoms with Crippen LogP contribution in [0.4, 0.5) is 4.39 Å². The smallest absolute Gasteiger partial charge is 0.129 e. The molecule has 0 amide bonds. The van der Waals surface area contributed by atoms with Gasteiger partial charge in [0.15, 0.2) is 0 Å². The van der Waals surface area contributed by atoms with E-state index in [1.54, 1.807) is 12.1 Å². The molecule has 6 rings (SSSR count). The van der Waals surface area contributed by atoms with Crippen molar-refractivity contribution < 1.29 is 9.13 Å². The van der Waals surface area contributed by atoms with Crippen LogP contribution in [-0.2, 0) is 13.2 Å². The number of nitrogens with one attached hydrogen (secondary N) is 1. The zero-order chi connectivity index (χ0) is 20.7. The quantitative estimate of drug-likeness (QED) is 0.527. The molecule has 160 valence electrons. The third kappa shape index (κ3) is 3.99. The molecule has 4 aliphatic carbocycles. The van der Waals surface area contributed by atoms with Crippen molar-refractivity contribution in [3.8, 4) is 5.75 Å². The highest BCUT2D eigenvalue weighted by molar-refractivity contribution is 6.30. The first-order valence-corrected chi connectivity index (χ1v) is 11.8. The summed E-state index contributed by atoms with van der Waals surface area (Å²) < 4.78 is 20.0. The standard InChI is InChI=1S/C26H31ClFNO/c1-17(26-12-18-8-19(13-26)10-20(9-18)14-26)29-15-22-11-23(27)6-7-25(22)30-16-21-4-2-3-5-24(21)28/h2-7,11,17-20,29H,8-10,12-16H2,1H3. The van der Waals surface area contributed by atoms with Gasteiger partial charge in [-0.1, -0.05) is 29.8 Å². The molecule has 1 N–H and O–H groups in total. The molecular weight excluding hydrogens is 397 g/mol. The third-order valence-electron chi connectivity index (χ3n) is 7.97. The summed E-state index contributed by atoms with van der Waals surface area (Å²) in [5.74, 6) is 3.39. The molecule has 4 saturated carbocycles. The molecule has 1 unspecified atom stereocenters. The maximum atomic E-state index is 14.0. The van der Waals surface area contributed by atoms with Gasteiger partial charge < -0.3 is 10.1 Å². The summed E-state index contributed by atoms with van der Waals surface area (Å²) in [6, 6.07) is 12.9. The lowest BCUT2D eigenvalue weighted by molar-refractivity contribution is -0.0706. The molecule has 4 bridgehead atoms. The third-order valence-corrected chi connectivity index (χ3v) is 8.20. The second kappa shape index (κ2) is 8.16. The normalized spacial score (nSPS) is 30.4. The summed E-state index contributed by atoms with van der Waals surface area (Å²) in [5, 5.41) is 4.52. The molecule has 0 aliphatic heterocycles. The van der Waals surface area contributed by atoms with Crippen molar-refractivity contribution in [1.82, 2.24) is 5.32 Å². The fourth-order valence-electron chi connectivity index (χ4n) is 6.79. The minimum Gasteiger partial charge on any atom is -0.488 e. The molecule has 2 aromatic carbocycles. The molecule has 0 radical (unpaired) electrons. The predicted molar refractivity (Wildman–Crippen MR) is 119 cm³/mol. The van der Waals surface area contributed by atoms with Crippen LogP contribution >= 0.6 is 11.6 Å². The average Bonchev–Trinajstić information content (AvgIpc) is 2.71. The number of rotatable bonds is 7. The summed E-state index contributed by atoms with van der Waals surface area (Å²) in [6.07, 6.45) is 8.56. The van der Waals surface area contributed by atoms with Crippen molar-refractivity contribution in [3.05, 3.63) is 64.4 Å². The Balaban J connectivity index is 1.27. The SMILES string of the molecule is CC(NCc1cc(Cl)ccc1OCc1ccccc1F)C12CC3CC(CC(C3)C1)C2. The molecule has 4 fully saturated rings. The van der Waals surface area contributed by atoms with Crippen LogP contribution in [-0.4, -0.2) is 6.04 Å². The second-order valence-electron chi connectivity index (χ2n) is 10.0. The van der Waals surface area contributed by atoms with Crippen molar-refractivity contribution >= 4 is 11.6 Å². The van der Waals surface area contributed by atoms with E-state index in [0.717, 1.165) is 35.6 Å². The molecule has 1 atom stereocenters. The van der Waals surface area contributed by atoms with Gasteiger partial charge in [0.25, 0.3) is 0 Å². The van der Waals surface area contributed by atoms with Crippen LogP contribution in [0.1, 0.15) is 56.6 Å². The molecule has 0 saturated heterocycles. The Kier molecular flexibility index (Phi) is 5.53. The Bertz CT molecular complexity index is 878. The van der Waals surface area contributed by atoms with Gasteiger partial charge in [0.1, 0.15) is 18.2 Å². The molecule has 4 heteroatoms. The van der Waals surface area contributed by atoms with E-state index in [9.17, 15) is 4.39 Å². The van der Waals surface area contributed by atoms with Crippen LogP contribution in [0.3, 0.4) is 0 Å². The van der Waals surface area contributed by atoms with E-state index in [1.807, 2.05) is 24.3 Å². The van der Waals surface area contributed by atoms with Crippen LogP contribution in [0.2, 0.25) is 5.02 Å². The van der Waals surface area contributed by atoms with E-state index in [2.05, 4.69) is 12.2 Å². The Hall–Kier alpha value is -1.58. The Morgan fingerprint density at radius 2 is 1.70 bits per heavy atom. The second-order valence-corrected chi connectivity index (χ2v) is 10.5. The van der Waals surface area contributed by atoms with Gasteiger partial charge in [-0.05, 0) is 92.9 Å². The summed E-state index contributed by atoms with van der Waals surface area (Å²) in [7, 11) is 0. The zero-order valence-electron chi connectivity index (χ0n) is 17.7. The van der Waals surface area contributed by atoms with E-state index in [-0.39, 0.29) is 12.4 Å². The topological polar surface area (TPSA) is 21.3 Å². The van der Waals surface area contributed by atoms with Crippen LogP contribution in [0.5, 0.6) is 5.75 Å². The number of benzene rings is 2. The first kappa shape index (κ1) is 20.3. The van der Waals surface area contributed by atoms with Gasteiger partial charge in [0.05, 0.1) is 0 Å². The van der Waals surface area contributed by atoms with Crippen molar-refractivity contribution in [3.63, 3.8) is 0 Å². The zero-order valence-corrected chi connectivity index (χ0v) is 18.4. The summed E-state index contributed by atoms with van der Waals surface area (Å²) in [5.41, 5.74) is 2.06. The van der Waals surface area contributed by atoms with Crippen LogP contribution in [0.25, 0.3) is 0 Å². The van der Waals surface area contributed by atoms with Gasteiger partial charge in [0.2, 0.25) is 0 Å². The monoisotopic (exact) mass is 427 g/mol. The van der Waals surface area contributed by atoms with E-state index >= 15 is 0 Å². The summed E-state index contributed by atoms with van der Waals surface area (Å²) in [6.45, 7) is 3.31. The van der Waals surface area contributed by atoms with E-state index in [0.29, 0.717) is 22.0 Å². The molecule has 2 aromatic rings. The van der Waals surface area contributed by atoms with Gasteiger partial charge in [-0.15, -0.1) is 0 Å². The Morgan fingerprint density at radius 3 is 2.37 bits per heavy atom. The van der Waals surface area contributed by atoms with Crippen molar-refractivity contribution in [2.24, 2.45) is 23.2 Å². The van der Waals surface area contributed by atoms with Gasteiger partial charge in [-0.2, -0.15) is 0 Å². The lowest BCUT2D eigenvalue weighted by Crippen LogP contribution is -2.54. The maximum absolute atomic E-state index is 14.0. The first-order chi connectivity index (χ1) is 14.5. The summed E-state index contributed by atoms with van der Waals surface area (Å²) >= 11 is 6.29. The number of ether oxygens (including phenoxy) is 1. The van der Waals surface area contributed by atoms with Gasteiger partial charge in [-0.3, -0.25) is 0 Å². The van der Waals surface area contributed by atoms with E-state index in [4.69, 9.17) is 16.3 Å². The highest BCUT2D eigenvalue weighted by Crippen LogP contribution is 2.61. The molecule has 2 nitrogen and oxygen atoms in total. The van der Waals surface area contributed by atoms with Crippen molar-refractivity contribution in [2.45, 2.75) is 64.6 Å². The molecule has 0 spiro atoms. The number of halogens is 2. The van der Waals surface area contributed by atoms with Gasteiger partial charge in [0, 0.05) is 28.7 Å². The van der Waals surface area contributed by atoms with Crippen LogP contribution in [0.15, 0.2) is 42.5 Å². The van der Waals surface area contributed by atoms with Crippen molar-refractivity contribution in [2.75, 3.05) is 0 Å². The summed E-state index contributed by atoms with van der Waals surface area (Å²) in [4.78, 5) is 0. The molecule has 0 aromatic heterocycles. The maximum Gasteiger partial charge on any atom is 0.129 e. The van der Waals surface area contributed by atoms with Crippen LogP contribution < -0.4 is 10.1 Å². The highest BCUT2D eigenvalue weighted by Gasteiger charge is 2.52. The number of hydrogen-bond acceptors (Lipinski definition) is 2. The van der Waals surface area contributed by atoms with E-state index < -0.39 is 0 Å². The Labute approximate surface area is 184 Å². The predicted octanol–water partition coefficient (Wildman–Crippen LogP) is 6.75. The fourth-order valence-corrected chi connectivity index (χ4v) is 6.98. The Morgan fingerprint density at radius 1 is 1.03 bits per heavy atom. The minimum atomic E-state index is -0.235. The highest BCUT2D eigenvalue weighted by atomic mass is 35.5. The fraction of sp³-hybridized carbons (Fsp3) is 0.538. The lowest BCUT2D eigenvalue weighted by atomic mass is 9.48. The van der Waals surface area contributed by atoms with E-state index in [1.165, 1.54) is 44.6 Å².